The van der Waals surface area contributed by atoms with Crippen LogP contribution in [0.15, 0.2) is 0 Å². The van der Waals surface area contributed by atoms with Crippen LogP contribution in [0.5, 0.6) is 0 Å². The molecule has 28 heavy (non-hydrogen) atoms. The minimum absolute atomic E-state index is 0.0733. The summed E-state index contributed by atoms with van der Waals surface area (Å²) < 4.78 is 0. The monoisotopic (exact) mass is 419 g/mol. The quantitative estimate of drug-likeness (QED) is 0.163. The number of hydrogen-bond acceptors (Lipinski definition) is 7. The van der Waals surface area contributed by atoms with Crippen LogP contribution < -0.4 is 27.4 Å². The number of nitrogens with two attached hydrogens (primary N) is 2. The number of amides is 4. The van der Waals surface area contributed by atoms with E-state index in [1.807, 2.05) is 6.92 Å². The zero-order chi connectivity index (χ0) is 21.9. The van der Waals surface area contributed by atoms with Gasteiger partial charge in [-0.05, 0) is 12.3 Å². The van der Waals surface area contributed by atoms with Crippen LogP contribution >= 0.6 is 12.6 Å². The number of carbonyl (C=O) groups excluding carboxylic acids is 4. The van der Waals surface area contributed by atoms with Crippen molar-refractivity contribution >= 4 is 42.2 Å². The second kappa shape index (κ2) is 12.9. The van der Waals surface area contributed by atoms with Crippen LogP contribution in [0.4, 0.5) is 0 Å². The number of rotatable bonds is 13. The molecule has 0 aliphatic carbocycles. The van der Waals surface area contributed by atoms with Crippen LogP contribution in [0, 0.1) is 5.92 Å². The van der Waals surface area contributed by atoms with E-state index in [1.54, 1.807) is 6.92 Å². The van der Waals surface area contributed by atoms with Crippen molar-refractivity contribution in [1.82, 2.24) is 16.0 Å². The molecule has 4 unspecified atom stereocenters. The van der Waals surface area contributed by atoms with Gasteiger partial charge in [-0.15, -0.1) is 0 Å². The Hall–Kier alpha value is -2.34. The van der Waals surface area contributed by atoms with Crippen molar-refractivity contribution in [3.63, 3.8) is 0 Å². The van der Waals surface area contributed by atoms with E-state index in [0.717, 1.165) is 0 Å². The molecule has 12 heteroatoms. The number of carbonyl (C=O) groups is 5. The molecule has 0 heterocycles. The molecule has 0 aromatic heterocycles. The maximum Gasteiger partial charge on any atom is 0.327 e. The van der Waals surface area contributed by atoms with Crippen molar-refractivity contribution < 1.29 is 29.1 Å². The SMILES string of the molecule is CCC(C)C(N)C(=O)NC(CCC(N)=O)C(=O)NCC(=O)NC(CS)C(=O)O. The summed E-state index contributed by atoms with van der Waals surface area (Å²) in [5.74, 6) is -4.21. The topological polar surface area (TPSA) is 194 Å². The summed E-state index contributed by atoms with van der Waals surface area (Å²) in [5.41, 5.74) is 10.9. The van der Waals surface area contributed by atoms with Gasteiger partial charge in [0.25, 0.3) is 0 Å². The first-order valence-corrected chi connectivity index (χ1v) is 9.41. The molecule has 0 rings (SSSR count). The lowest BCUT2D eigenvalue weighted by molar-refractivity contribution is -0.141. The fourth-order valence-electron chi connectivity index (χ4n) is 2.06. The third-order valence-electron chi connectivity index (χ3n) is 4.11. The van der Waals surface area contributed by atoms with E-state index in [9.17, 15) is 24.0 Å². The number of nitrogens with one attached hydrogen (secondary N) is 3. The molecule has 0 bridgehead atoms. The zero-order valence-corrected chi connectivity index (χ0v) is 16.8. The van der Waals surface area contributed by atoms with Crippen molar-refractivity contribution in [3.8, 4) is 0 Å². The summed E-state index contributed by atoms with van der Waals surface area (Å²) in [6.45, 7) is 3.13. The summed E-state index contributed by atoms with van der Waals surface area (Å²) in [7, 11) is 0. The highest BCUT2D eigenvalue weighted by Gasteiger charge is 2.27. The molecule has 0 radical (unpaired) electrons. The molecule has 0 aliphatic heterocycles. The van der Waals surface area contributed by atoms with E-state index in [-0.39, 0.29) is 24.5 Å². The predicted octanol–water partition coefficient (Wildman–Crippen LogP) is -2.27. The fraction of sp³-hybridized carbons (Fsp3) is 0.688. The molecule has 0 saturated carbocycles. The molecule has 0 fully saturated rings. The highest BCUT2D eigenvalue weighted by molar-refractivity contribution is 7.80. The Kier molecular flexibility index (Phi) is 11.9. The summed E-state index contributed by atoms with van der Waals surface area (Å²) in [6, 6.07) is -3.17. The van der Waals surface area contributed by atoms with Crippen molar-refractivity contribution in [3.05, 3.63) is 0 Å². The first-order chi connectivity index (χ1) is 13.0. The van der Waals surface area contributed by atoms with Gasteiger partial charge in [-0.1, -0.05) is 20.3 Å². The van der Waals surface area contributed by atoms with Gasteiger partial charge < -0.3 is 32.5 Å². The lowest BCUT2D eigenvalue weighted by atomic mass is 9.98. The van der Waals surface area contributed by atoms with Gasteiger partial charge in [0.15, 0.2) is 0 Å². The van der Waals surface area contributed by atoms with E-state index in [0.29, 0.717) is 6.42 Å². The van der Waals surface area contributed by atoms with Gasteiger partial charge in [-0.25, -0.2) is 4.79 Å². The maximum atomic E-state index is 12.3. The molecule has 4 amide bonds. The van der Waals surface area contributed by atoms with Gasteiger partial charge in [0.1, 0.15) is 12.1 Å². The Labute approximate surface area is 168 Å². The second-order valence-electron chi connectivity index (χ2n) is 6.34. The van der Waals surface area contributed by atoms with Gasteiger partial charge in [-0.3, -0.25) is 19.2 Å². The van der Waals surface area contributed by atoms with E-state index < -0.39 is 54.3 Å². The molecule has 8 N–H and O–H groups in total. The lowest BCUT2D eigenvalue weighted by Crippen LogP contribution is -2.54. The third kappa shape index (κ3) is 9.55. The Bertz CT molecular complexity index is 588. The Morgan fingerprint density at radius 2 is 1.68 bits per heavy atom. The molecule has 0 saturated heterocycles. The summed E-state index contributed by atoms with van der Waals surface area (Å²) in [4.78, 5) is 58.2. The van der Waals surface area contributed by atoms with Gasteiger partial charge >= 0.3 is 5.97 Å². The first-order valence-electron chi connectivity index (χ1n) is 8.78. The summed E-state index contributed by atoms with van der Waals surface area (Å²) in [5, 5.41) is 15.8. The predicted molar refractivity (Wildman–Crippen MR) is 104 cm³/mol. The number of aliphatic carboxylic acids is 1. The van der Waals surface area contributed by atoms with Crippen molar-refractivity contribution in [2.45, 2.75) is 51.2 Å². The normalized spacial score (nSPS) is 14.9. The lowest BCUT2D eigenvalue weighted by Gasteiger charge is -2.23. The minimum Gasteiger partial charge on any atom is -0.480 e. The van der Waals surface area contributed by atoms with Gasteiger partial charge in [0.05, 0.1) is 12.6 Å². The second-order valence-corrected chi connectivity index (χ2v) is 6.70. The summed E-state index contributed by atoms with van der Waals surface area (Å²) >= 11 is 3.81. The van der Waals surface area contributed by atoms with Gasteiger partial charge in [-0.2, -0.15) is 12.6 Å². The minimum atomic E-state index is -1.26. The van der Waals surface area contributed by atoms with Crippen LogP contribution in [-0.2, 0) is 24.0 Å². The molecule has 0 aliphatic rings. The number of hydrogen-bond donors (Lipinski definition) is 7. The van der Waals surface area contributed by atoms with Crippen LogP contribution in [0.2, 0.25) is 0 Å². The van der Waals surface area contributed by atoms with E-state index in [2.05, 4.69) is 28.6 Å². The first kappa shape index (κ1) is 25.7. The molecular weight excluding hydrogens is 390 g/mol. The average Bonchev–Trinajstić information content (AvgIpc) is 2.65. The van der Waals surface area contributed by atoms with E-state index in [1.165, 1.54) is 0 Å². The van der Waals surface area contributed by atoms with Gasteiger partial charge in [0.2, 0.25) is 23.6 Å². The van der Waals surface area contributed by atoms with Crippen molar-refractivity contribution in [2.24, 2.45) is 17.4 Å². The number of carboxylic acids is 1. The highest BCUT2D eigenvalue weighted by Crippen LogP contribution is 2.06. The largest absolute Gasteiger partial charge is 0.480 e. The van der Waals surface area contributed by atoms with Crippen molar-refractivity contribution in [2.75, 3.05) is 12.3 Å². The Balaban J connectivity index is 4.88. The molecule has 11 nitrogen and oxygen atoms in total. The molecule has 0 aromatic rings. The fourth-order valence-corrected chi connectivity index (χ4v) is 2.30. The molecule has 0 spiro atoms. The van der Waals surface area contributed by atoms with Crippen molar-refractivity contribution in [1.29, 1.82) is 0 Å². The number of thiol groups is 1. The van der Waals surface area contributed by atoms with Crippen LogP contribution in [0.25, 0.3) is 0 Å². The van der Waals surface area contributed by atoms with Crippen LogP contribution in [0.3, 0.4) is 0 Å². The average molecular weight is 420 g/mol. The maximum absolute atomic E-state index is 12.3. The standard InChI is InChI=1S/C16H29N5O6S/c1-3-8(2)13(18)15(25)21-9(4-5-11(17)22)14(24)19-6-12(23)20-10(7-28)16(26)27/h8-10,13,28H,3-7,18H2,1-2H3,(H2,17,22)(H,19,24)(H,20,23)(H,21,25)(H,26,27). The summed E-state index contributed by atoms with van der Waals surface area (Å²) in [6.07, 6.45) is 0.419. The van der Waals surface area contributed by atoms with Crippen LogP contribution in [0.1, 0.15) is 33.1 Å². The number of primary amides is 1. The molecule has 0 aromatic carbocycles. The highest BCUT2D eigenvalue weighted by atomic mass is 32.1. The van der Waals surface area contributed by atoms with E-state index in [4.69, 9.17) is 16.6 Å². The Morgan fingerprint density at radius 3 is 2.14 bits per heavy atom. The van der Waals surface area contributed by atoms with Gasteiger partial charge in [0, 0.05) is 12.2 Å². The van der Waals surface area contributed by atoms with E-state index >= 15 is 0 Å². The Morgan fingerprint density at radius 1 is 1.07 bits per heavy atom. The molecular formula is C16H29N5O6S. The third-order valence-corrected chi connectivity index (χ3v) is 4.48. The smallest absolute Gasteiger partial charge is 0.327 e. The van der Waals surface area contributed by atoms with Crippen LogP contribution in [-0.4, -0.2) is 65.1 Å². The molecule has 4 atom stereocenters. The zero-order valence-electron chi connectivity index (χ0n) is 15.9. The molecule has 160 valence electrons. The number of carboxylic acid groups (broad SMARTS) is 1.